The van der Waals surface area contributed by atoms with Crippen molar-refractivity contribution in [3.05, 3.63) is 35.4 Å². The average Bonchev–Trinajstić information content (AvgIpc) is 2.36. The molecule has 98 valence electrons. The summed E-state index contributed by atoms with van der Waals surface area (Å²) in [5.74, 6) is -0.172. The Morgan fingerprint density at radius 3 is 2.28 bits per heavy atom. The fourth-order valence-electron chi connectivity index (χ4n) is 1.63. The second kappa shape index (κ2) is 6.91. The third kappa shape index (κ3) is 4.30. The average molecular weight is 249 g/mol. The number of nitrogens with one attached hydrogen (secondary N) is 1. The number of hydrogen-bond donors (Lipinski definition) is 2. The number of amides is 1. The summed E-state index contributed by atoms with van der Waals surface area (Å²) in [5.41, 5.74) is 1.13. The largest absolute Gasteiger partial charge is 0.396 e. The van der Waals surface area contributed by atoms with Crippen LogP contribution < -0.4 is 5.32 Å². The molecule has 2 N–H and O–H groups in total. The number of benzene rings is 1. The Hall–Kier alpha value is -1.68. The van der Waals surface area contributed by atoms with Crippen LogP contribution >= 0.6 is 0 Å². The van der Waals surface area contributed by atoms with Gasteiger partial charge in [0.2, 0.25) is 0 Å². The van der Waals surface area contributed by atoms with Crippen LogP contribution in [0.1, 0.15) is 47.4 Å². The summed E-state index contributed by atoms with van der Waals surface area (Å²) in [4.78, 5) is 22.9. The van der Waals surface area contributed by atoms with E-state index < -0.39 is 0 Å². The van der Waals surface area contributed by atoms with Gasteiger partial charge in [0, 0.05) is 23.8 Å². The smallest absolute Gasteiger partial charge is 0.251 e. The molecule has 0 aliphatic heterocycles. The molecule has 0 bridgehead atoms. The quantitative estimate of drug-likeness (QED) is 0.755. The summed E-state index contributed by atoms with van der Waals surface area (Å²) in [7, 11) is 0. The molecule has 1 aromatic carbocycles. The van der Waals surface area contributed by atoms with E-state index in [4.69, 9.17) is 5.11 Å². The second-order valence-electron chi connectivity index (χ2n) is 4.37. The van der Waals surface area contributed by atoms with E-state index >= 15 is 0 Å². The first kappa shape index (κ1) is 14.4. The summed E-state index contributed by atoms with van der Waals surface area (Å²) >= 11 is 0. The van der Waals surface area contributed by atoms with Gasteiger partial charge in [0.15, 0.2) is 5.78 Å². The van der Waals surface area contributed by atoms with E-state index in [1.54, 1.807) is 24.3 Å². The maximum atomic E-state index is 11.8. The molecule has 1 aromatic rings. The van der Waals surface area contributed by atoms with Crippen molar-refractivity contribution < 1.29 is 14.7 Å². The lowest BCUT2D eigenvalue weighted by Gasteiger charge is -2.13. The van der Waals surface area contributed by atoms with Crippen LogP contribution in [0.4, 0.5) is 0 Å². The Kier molecular flexibility index (Phi) is 5.52. The topological polar surface area (TPSA) is 66.4 Å². The number of ketones is 1. The van der Waals surface area contributed by atoms with Crippen molar-refractivity contribution in [2.24, 2.45) is 0 Å². The monoisotopic (exact) mass is 249 g/mol. The summed E-state index contributed by atoms with van der Waals surface area (Å²) in [6.45, 7) is 3.52. The van der Waals surface area contributed by atoms with Gasteiger partial charge in [-0.3, -0.25) is 9.59 Å². The van der Waals surface area contributed by atoms with Gasteiger partial charge in [-0.25, -0.2) is 0 Å². The molecule has 0 aromatic heterocycles. The maximum absolute atomic E-state index is 11.8. The maximum Gasteiger partial charge on any atom is 0.251 e. The first-order chi connectivity index (χ1) is 8.54. The SMILES string of the molecule is CC(=O)c1ccc(C(=O)NC(C)CCCO)cc1. The van der Waals surface area contributed by atoms with E-state index in [1.165, 1.54) is 6.92 Å². The number of carbonyl (C=O) groups excluding carboxylic acids is 2. The van der Waals surface area contributed by atoms with Crippen molar-refractivity contribution in [2.75, 3.05) is 6.61 Å². The van der Waals surface area contributed by atoms with E-state index in [-0.39, 0.29) is 24.3 Å². The molecule has 0 spiro atoms. The molecule has 4 heteroatoms. The fourth-order valence-corrected chi connectivity index (χ4v) is 1.63. The van der Waals surface area contributed by atoms with Crippen LogP contribution in [-0.4, -0.2) is 29.4 Å². The second-order valence-corrected chi connectivity index (χ2v) is 4.37. The van der Waals surface area contributed by atoms with E-state index in [9.17, 15) is 9.59 Å². The van der Waals surface area contributed by atoms with Crippen molar-refractivity contribution in [3.8, 4) is 0 Å². The van der Waals surface area contributed by atoms with Crippen LogP contribution in [0, 0.1) is 0 Å². The first-order valence-electron chi connectivity index (χ1n) is 6.07. The molecule has 4 nitrogen and oxygen atoms in total. The van der Waals surface area contributed by atoms with E-state index in [0.717, 1.165) is 6.42 Å². The zero-order valence-corrected chi connectivity index (χ0v) is 10.8. The number of hydrogen-bond acceptors (Lipinski definition) is 3. The molecule has 0 heterocycles. The van der Waals surface area contributed by atoms with Crippen LogP contribution in [0.5, 0.6) is 0 Å². The van der Waals surface area contributed by atoms with Crippen LogP contribution in [0.25, 0.3) is 0 Å². The minimum absolute atomic E-state index is 0.0155. The number of rotatable bonds is 6. The standard InChI is InChI=1S/C14H19NO3/c1-10(4-3-9-16)15-14(18)13-7-5-12(6-8-13)11(2)17/h5-8,10,16H,3-4,9H2,1-2H3,(H,15,18). The van der Waals surface area contributed by atoms with Gasteiger partial charge in [0.1, 0.15) is 0 Å². The van der Waals surface area contributed by atoms with Gasteiger partial charge in [-0.05, 0) is 38.8 Å². The molecule has 0 aliphatic rings. The van der Waals surface area contributed by atoms with Crippen molar-refractivity contribution in [3.63, 3.8) is 0 Å². The van der Waals surface area contributed by atoms with Gasteiger partial charge >= 0.3 is 0 Å². The molecule has 1 rings (SSSR count). The molecule has 1 atom stereocenters. The third-order valence-corrected chi connectivity index (χ3v) is 2.73. The van der Waals surface area contributed by atoms with Crippen molar-refractivity contribution in [1.29, 1.82) is 0 Å². The summed E-state index contributed by atoms with van der Waals surface area (Å²) in [5, 5.41) is 11.5. The lowest BCUT2D eigenvalue weighted by atomic mass is 10.1. The Morgan fingerprint density at radius 1 is 1.22 bits per heavy atom. The highest BCUT2D eigenvalue weighted by Gasteiger charge is 2.09. The lowest BCUT2D eigenvalue weighted by molar-refractivity contribution is 0.0934. The molecule has 0 saturated carbocycles. The molecule has 0 aliphatic carbocycles. The van der Waals surface area contributed by atoms with E-state index in [1.807, 2.05) is 6.92 Å². The summed E-state index contributed by atoms with van der Waals surface area (Å²) in [6.07, 6.45) is 1.42. The number of Topliss-reactive ketones (excluding diaryl/α,β-unsaturated/α-hetero) is 1. The minimum atomic E-state index is -0.157. The Balaban J connectivity index is 2.58. The predicted octanol–water partition coefficient (Wildman–Crippen LogP) is 1.78. The summed E-state index contributed by atoms with van der Waals surface area (Å²) in [6, 6.07) is 6.61. The third-order valence-electron chi connectivity index (χ3n) is 2.73. The van der Waals surface area contributed by atoms with Crippen LogP contribution in [0.15, 0.2) is 24.3 Å². The number of aliphatic hydroxyl groups excluding tert-OH is 1. The van der Waals surface area contributed by atoms with Crippen molar-refractivity contribution in [1.82, 2.24) is 5.32 Å². The highest BCUT2D eigenvalue weighted by atomic mass is 16.3. The molecule has 1 unspecified atom stereocenters. The molecule has 0 fully saturated rings. The van der Waals surface area contributed by atoms with Crippen molar-refractivity contribution >= 4 is 11.7 Å². The first-order valence-corrected chi connectivity index (χ1v) is 6.07. The highest BCUT2D eigenvalue weighted by molar-refractivity contribution is 5.97. The number of carbonyl (C=O) groups is 2. The lowest BCUT2D eigenvalue weighted by Crippen LogP contribution is -2.32. The Bertz CT molecular complexity index is 412. The predicted molar refractivity (Wildman–Crippen MR) is 69.7 cm³/mol. The van der Waals surface area contributed by atoms with Gasteiger partial charge in [0.05, 0.1) is 0 Å². The molecular formula is C14H19NO3. The molecule has 0 saturated heterocycles. The number of aliphatic hydroxyl groups is 1. The van der Waals surface area contributed by atoms with Gasteiger partial charge in [-0.1, -0.05) is 12.1 Å². The summed E-state index contributed by atoms with van der Waals surface area (Å²) < 4.78 is 0. The molecule has 18 heavy (non-hydrogen) atoms. The zero-order valence-electron chi connectivity index (χ0n) is 10.8. The van der Waals surface area contributed by atoms with E-state index in [0.29, 0.717) is 17.5 Å². The van der Waals surface area contributed by atoms with Gasteiger partial charge in [-0.15, -0.1) is 0 Å². The fraction of sp³-hybridized carbons (Fsp3) is 0.429. The van der Waals surface area contributed by atoms with Crippen LogP contribution in [0.2, 0.25) is 0 Å². The normalized spacial score (nSPS) is 11.9. The van der Waals surface area contributed by atoms with E-state index in [2.05, 4.69) is 5.32 Å². The van der Waals surface area contributed by atoms with Gasteiger partial charge in [0.25, 0.3) is 5.91 Å². The van der Waals surface area contributed by atoms with Crippen LogP contribution in [-0.2, 0) is 0 Å². The Labute approximate surface area is 107 Å². The molecule has 1 amide bonds. The molecular weight excluding hydrogens is 230 g/mol. The van der Waals surface area contributed by atoms with Gasteiger partial charge < -0.3 is 10.4 Å². The Morgan fingerprint density at radius 2 is 1.78 bits per heavy atom. The molecule has 0 radical (unpaired) electrons. The minimum Gasteiger partial charge on any atom is -0.396 e. The van der Waals surface area contributed by atoms with Gasteiger partial charge in [-0.2, -0.15) is 0 Å². The zero-order chi connectivity index (χ0) is 13.5. The highest BCUT2D eigenvalue weighted by Crippen LogP contribution is 2.06. The van der Waals surface area contributed by atoms with Crippen molar-refractivity contribution in [2.45, 2.75) is 32.7 Å². The van der Waals surface area contributed by atoms with Crippen LogP contribution in [0.3, 0.4) is 0 Å².